The number of aromatic nitrogens is 1. The van der Waals surface area contributed by atoms with E-state index in [0.29, 0.717) is 13.1 Å². The molecule has 34 heavy (non-hydrogen) atoms. The molecular formula is C29H30N4O. The quantitative estimate of drug-likeness (QED) is 0.442. The Kier molecular flexibility index (Phi) is 6.09. The molecule has 5 nitrogen and oxygen atoms in total. The number of nitrogens with zero attached hydrogens (tertiary/aromatic N) is 3. The Morgan fingerprint density at radius 2 is 1.65 bits per heavy atom. The molecule has 0 bridgehead atoms. The van der Waals surface area contributed by atoms with Gasteiger partial charge >= 0.3 is 6.03 Å². The average Bonchev–Trinajstić information content (AvgIpc) is 3.29. The summed E-state index contributed by atoms with van der Waals surface area (Å²) in [5.74, 6) is 0. The molecule has 2 heterocycles. The minimum Gasteiger partial charge on any atom is -0.378 e. The summed E-state index contributed by atoms with van der Waals surface area (Å²) < 4.78 is 2.22. The van der Waals surface area contributed by atoms with Crippen LogP contribution in [0, 0.1) is 0 Å². The number of carbonyl (C=O) groups is 1. The highest BCUT2D eigenvalue weighted by Gasteiger charge is 2.32. The van der Waals surface area contributed by atoms with Crippen LogP contribution in [0.15, 0.2) is 97.2 Å². The van der Waals surface area contributed by atoms with Crippen molar-refractivity contribution in [3.8, 4) is 5.69 Å². The van der Waals surface area contributed by atoms with E-state index in [1.165, 1.54) is 5.56 Å². The second-order valence-corrected chi connectivity index (χ2v) is 8.92. The Balaban J connectivity index is 1.50. The van der Waals surface area contributed by atoms with Crippen molar-refractivity contribution in [2.75, 3.05) is 25.5 Å². The lowest BCUT2D eigenvalue weighted by atomic mass is 10.0. The molecule has 0 fully saturated rings. The molecule has 0 spiro atoms. The van der Waals surface area contributed by atoms with Gasteiger partial charge < -0.3 is 19.7 Å². The van der Waals surface area contributed by atoms with Crippen molar-refractivity contribution in [2.45, 2.75) is 19.0 Å². The van der Waals surface area contributed by atoms with Gasteiger partial charge in [0.25, 0.3) is 0 Å². The van der Waals surface area contributed by atoms with Crippen molar-refractivity contribution in [3.63, 3.8) is 0 Å². The van der Waals surface area contributed by atoms with Crippen molar-refractivity contribution in [3.05, 3.63) is 120 Å². The van der Waals surface area contributed by atoms with Crippen molar-refractivity contribution in [1.82, 2.24) is 14.8 Å². The topological polar surface area (TPSA) is 40.5 Å². The summed E-state index contributed by atoms with van der Waals surface area (Å²) >= 11 is 0. The lowest BCUT2D eigenvalue weighted by molar-refractivity contribution is 0.181. The largest absolute Gasteiger partial charge is 0.378 e. The normalized spacial score (nSPS) is 14.6. The van der Waals surface area contributed by atoms with Crippen molar-refractivity contribution in [1.29, 1.82) is 0 Å². The molecule has 1 aliphatic rings. The van der Waals surface area contributed by atoms with E-state index in [1.54, 1.807) is 0 Å². The SMILES string of the molecule is CN(C)c1ccc(C2c3cccn3-c3ccccc3CN2C(=O)NCCc2ccccc2)cc1. The number of rotatable bonds is 5. The van der Waals surface area contributed by atoms with Crippen molar-refractivity contribution in [2.24, 2.45) is 0 Å². The highest BCUT2D eigenvalue weighted by atomic mass is 16.2. The van der Waals surface area contributed by atoms with Crippen LogP contribution in [0.2, 0.25) is 0 Å². The minimum atomic E-state index is -0.199. The van der Waals surface area contributed by atoms with Gasteiger partial charge in [0.05, 0.1) is 18.3 Å². The van der Waals surface area contributed by atoms with Crippen LogP contribution in [-0.2, 0) is 13.0 Å². The van der Waals surface area contributed by atoms with E-state index >= 15 is 0 Å². The van der Waals surface area contributed by atoms with Crippen LogP contribution in [-0.4, -0.2) is 36.1 Å². The van der Waals surface area contributed by atoms with Crippen LogP contribution in [0.3, 0.4) is 0 Å². The minimum absolute atomic E-state index is 0.0536. The highest BCUT2D eigenvalue weighted by molar-refractivity contribution is 5.76. The van der Waals surface area contributed by atoms with Gasteiger partial charge in [-0.15, -0.1) is 0 Å². The van der Waals surface area contributed by atoms with Gasteiger partial charge in [0.15, 0.2) is 0 Å². The number of benzene rings is 3. The standard InChI is InChI=1S/C29H30N4O/c1-31(2)25-16-14-23(15-17-25)28-27-13-8-20-32(27)26-12-7-6-11-24(26)21-33(28)29(34)30-19-18-22-9-4-3-5-10-22/h3-17,20,28H,18-19,21H2,1-2H3,(H,30,34). The third-order valence-corrected chi connectivity index (χ3v) is 6.48. The van der Waals surface area contributed by atoms with Crippen LogP contribution >= 0.6 is 0 Å². The molecule has 0 aliphatic carbocycles. The maximum Gasteiger partial charge on any atom is 0.318 e. The average molecular weight is 451 g/mol. The molecule has 2 amide bonds. The highest BCUT2D eigenvalue weighted by Crippen LogP contribution is 2.37. The maximum atomic E-state index is 13.6. The van der Waals surface area contributed by atoms with Gasteiger partial charge in [0, 0.05) is 38.2 Å². The molecular weight excluding hydrogens is 420 g/mol. The molecule has 0 saturated carbocycles. The van der Waals surface area contributed by atoms with E-state index in [0.717, 1.165) is 34.6 Å². The fourth-order valence-corrected chi connectivity index (χ4v) is 4.70. The smallest absolute Gasteiger partial charge is 0.318 e. The number of hydrogen-bond acceptors (Lipinski definition) is 2. The van der Waals surface area contributed by atoms with Gasteiger partial charge in [-0.1, -0.05) is 60.7 Å². The van der Waals surface area contributed by atoms with Crippen molar-refractivity contribution >= 4 is 11.7 Å². The van der Waals surface area contributed by atoms with Crippen molar-refractivity contribution < 1.29 is 4.79 Å². The Morgan fingerprint density at radius 1 is 0.912 bits per heavy atom. The Labute approximate surface area is 201 Å². The van der Waals surface area contributed by atoms with Gasteiger partial charge in [-0.05, 0) is 53.4 Å². The number of amides is 2. The molecule has 0 radical (unpaired) electrons. The summed E-state index contributed by atoms with van der Waals surface area (Å²) in [6, 6.07) is 31.0. The predicted octanol–water partition coefficient (Wildman–Crippen LogP) is 5.40. The van der Waals surface area contributed by atoms with Crippen LogP contribution in [0.5, 0.6) is 0 Å². The molecule has 0 saturated heterocycles. The van der Waals surface area contributed by atoms with Gasteiger partial charge in [-0.3, -0.25) is 0 Å². The molecule has 3 aromatic carbocycles. The third-order valence-electron chi connectivity index (χ3n) is 6.48. The first-order chi connectivity index (χ1) is 16.6. The number of carbonyl (C=O) groups excluding carboxylic acids is 1. The number of para-hydroxylation sites is 1. The fraction of sp³-hybridized carbons (Fsp3) is 0.207. The van der Waals surface area contributed by atoms with Gasteiger partial charge in [0.2, 0.25) is 0 Å². The number of fused-ring (bicyclic) bond motifs is 3. The second-order valence-electron chi connectivity index (χ2n) is 8.92. The molecule has 1 aromatic heterocycles. The van der Waals surface area contributed by atoms with E-state index in [1.807, 2.05) is 43.3 Å². The molecule has 1 N–H and O–H groups in total. The predicted molar refractivity (Wildman–Crippen MR) is 137 cm³/mol. The van der Waals surface area contributed by atoms with E-state index in [9.17, 15) is 4.79 Å². The van der Waals surface area contributed by atoms with E-state index in [2.05, 4.69) is 87.7 Å². The lowest BCUT2D eigenvalue weighted by Gasteiger charge is -2.31. The number of anilines is 1. The van der Waals surface area contributed by atoms with Crippen LogP contribution in [0.25, 0.3) is 5.69 Å². The first-order valence-electron chi connectivity index (χ1n) is 11.7. The molecule has 1 aliphatic heterocycles. The van der Waals surface area contributed by atoms with Crippen LogP contribution in [0.4, 0.5) is 10.5 Å². The first kappa shape index (κ1) is 21.8. The third kappa shape index (κ3) is 4.29. The fourth-order valence-electron chi connectivity index (χ4n) is 4.70. The zero-order valence-electron chi connectivity index (χ0n) is 19.7. The second kappa shape index (κ2) is 9.48. The van der Waals surface area contributed by atoms with Gasteiger partial charge in [-0.25, -0.2) is 4.79 Å². The van der Waals surface area contributed by atoms with E-state index in [-0.39, 0.29) is 12.1 Å². The number of hydrogen-bond donors (Lipinski definition) is 1. The van der Waals surface area contributed by atoms with Gasteiger partial charge in [0.1, 0.15) is 0 Å². The molecule has 1 atom stereocenters. The first-order valence-corrected chi connectivity index (χ1v) is 11.7. The summed E-state index contributed by atoms with van der Waals surface area (Å²) in [6.45, 7) is 1.13. The summed E-state index contributed by atoms with van der Waals surface area (Å²) in [5.41, 5.74) is 6.78. The Morgan fingerprint density at radius 3 is 2.41 bits per heavy atom. The maximum absolute atomic E-state index is 13.6. The number of nitrogens with one attached hydrogen (secondary N) is 1. The molecule has 1 unspecified atom stereocenters. The van der Waals surface area contributed by atoms with Crippen LogP contribution < -0.4 is 10.2 Å². The Bertz CT molecular complexity index is 1260. The summed E-state index contributed by atoms with van der Waals surface area (Å²) in [5, 5.41) is 3.18. The molecule has 4 aromatic rings. The lowest BCUT2D eigenvalue weighted by Crippen LogP contribution is -2.42. The Hall–Kier alpha value is -3.99. The van der Waals surface area contributed by atoms with Gasteiger partial charge in [-0.2, -0.15) is 0 Å². The van der Waals surface area contributed by atoms with Crippen LogP contribution in [0.1, 0.15) is 28.4 Å². The zero-order valence-corrected chi connectivity index (χ0v) is 19.7. The molecule has 172 valence electrons. The molecule has 5 heteroatoms. The summed E-state index contributed by atoms with van der Waals surface area (Å²) in [4.78, 5) is 17.7. The zero-order chi connectivity index (χ0) is 23.5. The summed E-state index contributed by atoms with van der Waals surface area (Å²) in [7, 11) is 4.07. The van der Waals surface area contributed by atoms with E-state index in [4.69, 9.17) is 0 Å². The number of urea groups is 1. The summed E-state index contributed by atoms with van der Waals surface area (Å²) in [6.07, 6.45) is 2.89. The molecule has 5 rings (SSSR count). The monoisotopic (exact) mass is 450 g/mol. The van der Waals surface area contributed by atoms with E-state index < -0.39 is 0 Å².